The van der Waals surface area contributed by atoms with Crippen LogP contribution in [0.4, 0.5) is 5.69 Å². The Morgan fingerprint density at radius 1 is 1.03 bits per heavy atom. The molecule has 1 amide bonds. The van der Waals surface area contributed by atoms with Gasteiger partial charge in [0.25, 0.3) is 5.91 Å². The highest BCUT2D eigenvalue weighted by molar-refractivity contribution is 5.77. The van der Waals surface area contributed by atoms with Gasteiger partial charge in [0.15, 0.2) is 6.54 Å². The molecule has 0 bridgehead atoms. The molecule has 6 heteroatoms. The minimum atomic E-state index is 0.198. The van der Waals surface area contributed by atoms with Crippen LogP contribution in [0, 0.1) is 0 Å². The number of nitrogens with zero attached hydrogens (tertiary/aromatic N) is 1. The summed E-state index contributed by atoms with van der Waals surface area (Å²) in [7, 11) is 0. The van der Waals surface area contributed by atoms with Crippen LogP contribution in [-0.2, 0) is 11.3 Å². The molecule has 2 aliphatic rings. The summed E-state index contributed by atoms with van der Waals surface area (Å²) in [5, 5.41) is 3.30. The Morgan fingerprint density at radius 3 is 2.55 bits per heavy atom. The van der Waals surface area contributed by atoms with Crippen molar-refractivity contribution in [2.24, 2.45) is 0 Å². The number of para-hydroxylation sites is 2. The Balaban J connectivity index is 1.19. The number of hydrogen-bond acceptors (Lipinski definition) is 3. The molecule has 6 nitrogen and oxygen atoms in total. The van der Waals surface area contributed by atoms with E-state index in [4.69, 9.17) is 4.74 Å². The molecule has 2 aromatic rings. The van der Waals surface area contributed by atoms with Gasteiger partial charge in [-0.15, -0.1) is 0 Å². The highest BCUT2D eigenvalue weighted by Crippen LogP contribution is 2.27. The monoisotopic (exact) mass is 424 g/mol. The van der Waals surface area contributed by atoms with Gasteiger partial charge in [0.1, 0.15) is 12.3 Å². The number of amides is 1. The van der Waals surface area contributed by atoms with Crippen LogP contribution >= 0.6 is 0 Å². The first-order valence-corrected chi connectivity index (χ1v) is 11.7. The lowest BCUT2D eigenvalue weighted by Crippen LogP contribution is -3.16. The molecule has 2 aliphatic heterocycles. The third-order valence-corrected chi connectivity index (χ3v) is 6.43. The molecule has 2 heterocycles. The number of quaternary nitrogens is 2. The highest BCUT2D eigenvalue weighted by Gasteiger charge is 2.29. The maximum absolute atomic E-state index is 12.6. The minimum absolute atomic E-state index is 0.198. The summed E-state index contributed by atoms with van der Waals surface area (Å²) < 4.78 is 5.79. The van der Waals surface area contributed by atoms with E-state index in [1.807, 2.05) is 19.1 Å². The molecule has 31 heavy (non-hydrogen) atoms. The molecule has 0 saturated carbocycles. The summed E-state index contributed by atoms with van der Waals surface area (Å²) in [4.78, 5) is 18.0. The molecule has 166 valence electrons. The van der Waals surface area contributed by atoms with Crippen molar-refractivity contribution in [3.63, 3.8) is 0 Å². The normalized spacial score (nSPS) is 21.8. The molecule has 0 spiro atoms. The van der Waals surface area contributed by atoms with E-state index in [9.17, 15) is 4.79 Å². The van der Waals surface area contributed by atoms with Crippen LogP contribution in [0.5, 0.6) is 5.75 Å². The largest absolute Gasteiger partial charge is 0.492 e. The molecular formula is C25H36N4O2+2. The number of piperazine rings is 1. The van der Waals surface area contributed by atoms with E-state index < -0.39 is 0 Å². The number of rotatable bonds is 8. The van der Waals surface area contributed by atoms with Gasteiger partial charge >= 0.3 is 0 Å². The smallest absolute Gasteiger partial charge is 0.275 e. The van der Waals surface area contributed by atoms with Crippen molar-refractivity contribution in [3.8, 4) is 5.75 Å². The number of carbonyl (C=O) groups excluding carboxylic acids is 1. The summed E-state index contributed by atoms with van der Waals surface area (Å²) in [5.41, 5.74) is 2.54. The molecular weight excluding hydrogens is 388 g/mol. The van der Waals surface area contributed by atoms with E-state index in [0.717, 1.165) is 58.0 Å². The maximum Gasteiger partial charge on any atom is 0.275 e. The Morgan fingerprint density at radius 2 is 1.77 bits per heavy atom. The van der Waals surface area contributed by atoms with E-state index in [2.05, 4.69) is 52.7 Å². The fourth-order valence-electron chi connectivity index (χ4n) is 4.84. The van der Waals surface area contributed by atoms with Crippen molar-refractivity contribution < 1.29 is 19.3 Å². The molecule has 0 aromatic heterocycles. The molecule has 0 aliphatic carbocycles. The summed E-state index contributed by atoms with van der Waals surface area (Å²) >= 11 is 0. The number of carbonyl (C=O) groups is 1. The third kappa shape index (κ3) is 5.99. The molecule has 2 aromatic carbocycles. The second-order valence-electron chi connectivity index (χ2n) is 8.73. The zero-order valence-corrected chi connectivity index (χ0v) is 18.6. The van der Waals surface area contributed by atoms with Crippen molar-refractivity contribution in [2.75, 3.05) is 57.3 Å². The molecule has 0 radical (unpaired) electrons. The van der Waals surface area contributed by atoms with Gasteiger partial charge in [-0.2, -0.15) is 0 Å². The number of hydrogen-bond donors (Lipinski definition) is 3. The second-order valence-corrected chi connectivity index (χ2v) is 8.73. The lowest BCUT2D eigenvalue weighted by atomic mass is 10.2. The van der Waals surface area contributed by atoms with Crippen molar-refractivity contribution in [3.05, 3.63) is 60.2 Å². The lowest BCUT2D eigenvalue weighted by molar-refractivity contribution is -0.901. The maximum atomic E-state index is 12.6. The number of nitrogens with one attached hydrogen (secondary N) is 3. The van der Waals surface area contributed by atoms with E-state index >= 15 is 0 Å². The minimum Gasteiger partial charge on any atom is -0.492 e. The number of anilines is 1. The van der Waals surface area contributed by atoms with Crippen LogP contribution in [0.3, 0.4) is 0 Å². The van der Waals surface area contributed by atoms with Gasteiger partial charge < -0.3 is 24.8 Å². The quantitative estimate of drug-likeness (QED) is 0.549. The fraction of sp³-hybridized carbons (Fsp3) is 0.480. The predicted octanol–water partition coefficient (Wildman–Crippen LogP) is -0.236. The predicted molar refractivity (Wildman–Crippen MR) is 123 cm³/mol. The van der Waals surface area contributed by atoms with Gasteiger partial charge in [-0.1, -0.05) is 42.5 Å². The SMILES string of the molecule is CCOc1ccccc1N1CC[NH+](CC(=O)N[C@H]2CC[NH+](Cc3ccccc3)C2)CC1. The van der Waals surface area contributed by atoms with Crippen LogP contribution in [0.25, 0.3) is 0 Å². The van der Waals surface area contributed by atoms with Crippen LogP contribution in [0.2, 0.25) is 0 Å². The highest BCUT2D eigenvalue weighted by atomic mass is 16.5. The van der Waals surface area contributed by atoms with Gasteiger partial charge in [0, 0.05) is 12.0 Å². The number of benzene rings is 2. The molecule has 2 saturated heterocycles. The molecule has 4 rings (SSSR count). The average Bonchev–Trinajstić information content (AvgIpc) is 3.22. The van der Waals surface area contributed by atoms with E-state index in [0.29, 0.717) is 19.2 Å². The second kappa shape index (κ2) is 10.6. The number of likely N-dealkylation sites (tertiary alicyclic amines) is 1. The topological polar surface area (TPSA) is 50.5 Å². The first-order valence-electron chi connectivity index (χ1n) is 11.7. The van der Waals surface area contributed by atoms with Crippen molar-refractivity contribution >= 4 is 11.6 Å². The van der Waals surface area contributed by atoms with Crippen LogP contribution in [0.1, 0.15) is 18.9 Å². The zero-order valence-electron chi connectivity index (χ0n) is 18.6. The Labute approximate surface area is 185 Å². The third-order valence-electron chi connectivity index (χ3n) is 6.43. The van der Waals surface area contributed by atoms with E-state index in [-0.39, 0.29) is 5.91 Å². The summed E-state index contributed by atoms with van der Waals surface area (Å²) in [6.07, 6.45) is 1.07. The van der Waals surface area contributed by atoms with Gasteiger partial charge in [0.05, 0.1) is 57.6 Å². The van der Waals surface area contributed by atoms with Gasteiger partial charge in [-0.25, -0.2) is 0 Å². The van der Waals surface area contributed by atoms with Crippen LogP contribution < -0.4 is 24.8 Å². The molecule has 2 fully saturated rings. The zero-order chi connectivity index (χ0) is 21.5. The first-order chi connectivity index (χ1) is 15.2. The molecule has 2 atom stereocenters. The molecule has 3 N–H and O–H groups in total. The fourth-order valence-corrected chi connectivity index (χ4v) is 4.84. The van der Waals surface area contributed by atoms with Crippen LogP contribution in [0.15, 0.2) is 54.6 Å². The molecule has 1 unspecified atom stereocenters. The van der Waals surface area contributed by atoms with Gasteiger partial charge in [-0.3, -0.25) is 4.79 Å². The van der Waals surface area contributed by atoms with Crippen molar-refractivity contribution in [2.45, 2.75) is 25.9 Å². The lowest BCUT2D eigenvalue weighted by Gasteiger charge is -2.34. The summed E-state index contributed by atoms with van der Waals surface area (Å²) in [6.45, 7) is 10.3. The first kappa shape index (κ1) is 21.7. The Hall–Kier alpha value is -2.57. The van der Waals surface area contributed by atoms with Crippen LogP contribution in [-0.4, -0.2) is 64.4 Å². The number of ether oxygens (including phenoxy) is 1. The van der Waals surface area contributed by atoms with Gasteiger partial charge in [-0.05, 0) is 19.1 Å². The van der Waals surface area contributed by atoms with E-state index in [1.54, 1.807) is 4.90 Å². The Bertz CT molecular complexity index is 836. The average molecular weight is 425 g/mol. The Kier molecular flexibility index (Phi) is 7.43. The van der Waals surface area contributed by atoms with Crippen molar-refractivity contribution in [1.29, 1.82) is 0 Å². The summed E-state index contributed by atoms with van der Waals surface area (Å²) in [6, 6.07) is 19.2. The van der Waals surface area contributed by atoms with E-state index in [1.165, 1.54) is 16.2 Å². The van der Waals surface area contributed by atoms with Crippen molar-refractivity contribution in [1.82, 2.24) is 5.32 Å². The van der Waals surface area contributed by atoms with Gasteiger partial charge in [0.2, 0.25) is 0 Å². The summed E-state index contributed by atoms with van der Waals surface area (Å²) in [5.74, 6) is 1.15. The standard InChI is InChI=1S/C25H34N4O2/c1-2-31-24-11-7-6-10-23(24)29-16-14-27(15-17-29)20-25(30)26-22-12-13-28(19-22)18-21-8-4-3-5-9-21/h3-11,22H,2,12-20H2,1H3,(H,26,30)/p+2/t22-/m0/s1.